The standard InChI is InChI=1S/C29H46O4/c1-16(2)17(3)8-9-18(4)21-14-23(31)28-26(21,7)15-24-29(32-24)25(6)12-11-22(30)19(5)20(25)10-13-27(28,29)33-28/h16-18,20-24,30-31H,5,8-15H2,1-4,6-7H3/t17-,18-,20+,21-,22+,23+,24-,25+,26-,27+,28+,29+/m1/s1. The molecule has 0 aromatic rings. The number of rotatable bonds is 5. The first kappa shape index (κ1) is 23.0. The van der Waals surface area contributed by atoms with Crippen molar-refractivity contribution in [2.75, 3.05) is 0 Å². The van der Waals surface area contributed by atoms with Crippen molar-refractivity contribution in [2.24, 2.45) is 40.4 Å². The molecule has 4 nitrogen and oxygen atoms in total. The van der Waals surface area contributed by atoms with Crippen LogP contribution in [0.25, 0.3) is 0 Å². The van der Waals surface area contributed by atoms with Crippen molar-refractivity contribution in [3.05, 3.63) is 12.2 Å². The van der Waals surface area contributed by atoms with E-state index in [1.165, 1.54) is 12.8 Å². The summed E-state index contributed by atoms with van der Waals surface area (Å²) in [4.78, 5) is 0. The summed E-state index contributed by atoms with van der Waals surface area (Å²) < 4.78 is 13.8. The van der Waals surface area contributed by atoms with E-state index in [2.05, 4.69) is 48.1 Å². The van der Waals surface area contributed by atoms with E-state index >= 15 is 0 Å². The van der Waals surface area contributed by atoms with E-state index in [1.807, 2.05) is 0 Å². The number of aliphatic hydroxyl groups excluding tert-OH is 2. The van der Waals surface area contributed by atoms with Gasteiger partial charge in [0, 0.05) is 10.8 Å². The van der Waals surface area contributed by atoms with Gasteiger partial charge in [0.2, 0.25) is 0 Å². The molecule has 6 fully saturated rings. The zero-order valence-electron chi connectivity index (χ0n) is 21.7. The largest absolute Gasteiger partial charge is 0.390 e. The van der Waals surface area contributed by atoms with Gasteiger partial charge in [-0.05, 0) is 73.7 Å². The highest BCUT2D eigenvalue weighted by Gasteiger charge is 3.00. The van der Waals surface area contributed by atoms with Crippen LogP contribution in [0.15, 0.2) is 12.2 Å². The van der Waals surface area contributed by atoms with Crippen LogP contribution in [0.1, 0.15) is 92.9 Å². The Morgan fingerprint density at radius 1 is 1.00 bits per heavy atom. The Labute approximate surface area is 200 Å². The summed E-state index contributed by atoms with van der Waals surface area (Å²) in [5.41, 5.74) is -0.218. The molecule has 4 saturated carbocycles. The third-order valence-electron chi connectivity index (χ3n) is 12.6. The van der Waals surface area contributed by atoms with Gasteiger partial charge in [-0.25, -0.2) is 0 Å². The molecule has 6 rings (SSSR count). The van der Waals surface area contributed by atoms with Crippen molar-refractivity contribution in [1.82, 2.24) is 0 Å². The zero-order valence-corrected chi connectivity index (χ0v) is 21.7. The normalized spacial score (nSPS) is 58.0. The molecule has 3 spiro atoms. The average molecular weight is 459 g/mol. The lowest BCUT2D eigenvalue weighted by molar-refractivity contribution is -0.0740. The van der Waals surface area contributed by atoms with Gasteiger partial charge in [0.1, 0.15) is 16.8 Å². The molecule has 6 aliphatic rings. The van der Waals surface area contributed by atoms with E-state index in [0.717, 1.165) is 55.9 Å². The Bertz CT molecular complexity index is 870. The smallest absolute Gasteiger partial charge is 0.133 e. The van der Waals surface area contributed by atoms with Crippen molar-refractivity contribution in [2.45, 2.75) is 128 Å². The quantitative estimate of drug-likeness (QED) is 0.436. The van der Waals surface area contributed by atoms with Gasteiger partial charge in [-0.2, -0.15) is 0 Å². The van der Waals surface area contributed by atoms with Gasteiger partial charge in [0.05, 0.1) is 18.3 Å². The lowest BCUT2D eigenvalue weighted by Gasteiger charge is -2.57. The number of ether oxygens (including phenoxy) is 2. The molecular formula is C29H46O4. The summed E-state index contributed by atoms with van der Waals surface area (Å²) in [6.45, 7) is 18.6. The summed E-state index contributed by atoms with van der Waals surface area (Å²) in [5, 5.41) is 22.2. The Morgan fingerprint density at radius 2 is 1.73 bits per heavy atom. The highest BCUT2D eigenvalue weighted by molar-refractivity contribution is 5.49. The van der Waals surface area contributed by atoms with Crippen LogP contribution >= 0.6 is 0 Å². The molecule has 2 heterocycles. The number of epoxide rings is 2. The van der Waals surface area contributed by atoms with Crippen LogP contribution in [-0.2, 0) is 9.47 Å². The van der Waals surface area contributed by atoms with Crippen LogP contribution in [0, 0.1) is 40.4 Å². The van der Waals surface area contributed by atoms with Crippen LogP contribution in [0.3, 0.4) is 0 Å². The first-order chi connectivity index (χ1) is 15.4. The monoisotopic (exact) mass is 458 g/mol. The van der Waals surface area contributed by atoms with Gasteiger partial charge in [0.15, 0.2) is 0 Å². The lowest BCUT2D eigenvalue weighted by atomic mass is 9.43. The van der Waals surface area contributed by atoms with Crippen LogP contribution in [0.2, 0.25) is 0 Å². The summed E-state index contributed by atoms with van der Waals surface area (Å²) in [7, 11) is 0. The number of hydrogen-bond donors (Lipinski definition) is 2. The predicted octanol–water partition coefficient (Wildman–Crippen LogP) is 5.26. The van der Waals surface area contributed by atoms with Crippen molar-refractivity contribution >= 4 is 0 Å². The van der Waals surface area contributed by atoms with Gasteiger partial charge >= 0.3 is 0 Å². The molecule has 0 radical (unpaired) electrons. The van der Waals surface area contributed by atoms with Crippen molar-refractivity contribution in [3.8, 4) is 0 Å². The maximum Gasteiger partial charge on any atom is 0.133 e. The maximum atomic E-state index is 11.7. The second kappa shape index (κ2) is 6.66. The highest BCUT2D eigenvalue weighted by atomic mass is 16.7. The molecule has 0 unspecified atom stereocenters. The molecule has 0 aromatic carbocycles. The van der Waals surface area contributed by atoms with Gasteiger partial charge in [-0.15, -0.1) is 0 Å². The van der Waals surface area contributed by atoms with Crippen LogP contribution in [-0.4, -0.2) is 45.3 Å². The van der Waals surface area contributed by atoms with Gasteiger partial charge in [-0.1, -0.05) is 61.0 Å². The Hall–Kier alpha value is -0.420. The van der Waals surface area contributed by atoms with Gasteiger partial charge in [0.25, 0.3) is 0 Å². The van der Waals surface area contributed by atoms with Crippen LogP contribution in [0.5, 0.6) is 0 Å². The Kier molecular flexibility index (Phi) is 4.64. The minimum atomic E-state index is -0.457. The zero-order chi connectivity index (χ0) is 23.8. The molecular weight excluding hydrogens is 412 g/mol. The van der Waals surface area contributed by atoms with Gasteiger partial charge in [-0.3, -0.25) is 0 Å². The fourth-order valence-corrected chi connectivity index (χ4v) is 10.3. The SMILES string of the molecule is C=C1[C@@H](O)CC[C@@]2(C)[C@H]1CC[C@]13O[C@]14[C@@H](O)C[C@H]([C@H](C)CC[C@@H](C)C(C)C)[C@@]4(C)C[C@H]1O[C@]132. The van der Waals surface area contributed by atoms with E-state index in [-0.39, 0.29) is 40.2 Å². The Morgan fingerprint density at radius 3 is 2.42 bits per heavy atom. The van der Waals surface area contributed by atoms with E-state index in [0.29, 0.717) is 11.8 Å². The van der Waals surface area contributed by atoms with E-state index in [4.69, 9.17) is 9.47 Å². The fraction of sp³-hybridized carbons (Fsp3) is 0.931. The first-order valence-electron chi connectivity index (χ1n) is 13.8. The molecule has 2 N–H and O–H groups in total. The summed E-state index contributed by atoms with van der Waals surface area (Å²) in [6.07, 6.45) is 7.40. The van der Waals surface area contributed by atoms with E-state index in [1.54, 1.807) is 0 Å². The molecule has 2 saturated heterocycles. The second-order valence-corrected chi connectivity index (χ2v) is 13.9. The molecule has 4 aliphatic carbocycles. The van der Waals surface area contributed by atoms with Gasteiger partial charge < -0.3 is 19.7 Å². The lowest BCUT2D eigenvalue weighted by Crippen LogP contribution is -2.67. The predicted molar refractivity (Wildman–Crippen MR) is 129 cm³/mol. The second-order valence-electron chi connectivity index (χ2n) is 13.9. The first-order valence-corrected chi connectivity index (χ1v) is 13.8. The summed E-state index contributed by atoms with van der Waals surface area (Å²) in [5.74, 6) is 2.79. The molecule has 4 heteroatoms. The molecule has 2 aliphatic heterocycles. The molecule has 0 amide bonds. The third-order valence-corrected chi connectivity index (χ3v) is 12.6. The number of aliphatic hydroxyl groups is 2. The molecule has 186 valence electrons. The molecule has 0 bridgehead atoms. The third kappa shape index (κ3) is 2.34. The average Bonchev–Trinajstić information content (AvgIpc) is 3.63. The van der Waals surface area contributed by atoms with E-state index < -0.39 is 11.7 Å². The van der Waals surface area contributed by atoms with Crippen molar-refractivity contribution in [3.63, 3.8) is 0 Å². The van der Waals surface area contributed by atoms with Crippen LogP contribution < -0.4 is 0 Å². The fourth-order valence-electron chi connectivity index (χ4n) is 10.3. The summed E-state index contributed by atoms with van der Waals surface area (Å²) in [6, 6.07) is 0. The van der Waals surface area contributed by atoms with Crippen molar-refractivity contribution < 1.29 is 19.7 Å². The molecule has 12 atom stereocenters. The minimum absolute atomic E-state index is 0.0358. The maximum absolute atomic E-state index is 11.7. The van der Waals surface area contributed by atoms with E-state index in [9.17, 15) is 10.2 Å². The molecule has 0 aromatic heterocycles. The minimum Gasteiger partial charge on any atom is -0.390 e. The number of fused-ring (bicyclic) bond motifs is 1. The topological polar surface area (TPSA) is 65.5 Å². The van der Waals surface area contributed by atoms with Crippen LogP contribution in [0.4, 0.5) is 0 Å². The Balaban J connectivity index is 1.32. The molecule has 33 heavy (non-hydrogen) atoms. The van der Waals surface area contributed by atoms with Crippen molar-refractivity contribution in [1.29, 1.82) is 0 Å². The highest BCUT2D eigenvalue weighted by Crippen LogP contribution is 2.88. The number of hydrogen-bond acceptors (Lipinski definition) is 4. The summed E-state index contributed by atoms with van der Waals surface area (Å²) >= 11 is 0.